The van der Waals surface area contributed by atoms with Crippen LogP contribution in [0.1, 0.15) is 70.5 Å². The van der Waals surface area contributed by atoms with Gasteiger partial charge in [-0.2, -0.15) is 0 Å². The third-order valence-electron chi connectivity index (χ3n) is 6.30. The number of ether oxygens (including phenoxy) is 1. The van der Waals surface area contributed by atoms with Gasteiger partial charge < -0.3 is 15.4 Å². The van der Waals surface area contributed by atoms with Gasteiger partial charge in [-0.05, 0) is 61.2 Å². The summed E-state index contributed by atoms with van der Waals surface area (Å²) in [5.74, 6) is -0.936. The third kappa shape index (κ3) is 8.10. The van der Waals surface area contributed by atoms with Crippen LogP contribution in [0.15, 0.2) is 84.9 Å². The largest absolute Gasteiger partial charge is 0.350 e. The van der Waals surface area contributed by atoms with Gasteiger partial charge >= 0.3 is 0 Å². The molecule has 1 heterocycles. The Bertz CT molecular complexity index is 1290. The Morgan fingerprint density at radius 1 is 0.949 bits per heavy atom. The van der Waals surface area contributed by atoms with Crippen molar-refractivity contribution in [2.75, 3.05) is 11.9 Å². The minimum Gasteiger partial charge on any atom is -0.350 e. The van der Waals surface area contributed by atoms with Crippen molar-refractivity contribution in [3.8, 4) is 0 Å². The van der Waals surface area contributed by atoms with Gasteiger partial charge in [0.25, 0.3) is 11.8 Å². The molecule has 39 heavy (non-hydrogen) atoms. The van der Waals surface area contributed by atoms with Crippen LogP contribution in [-0.2, 0) is 14.4 Å². The van der Waals surface area contributed by atoms with Crippen LogP contribution in [0.25, 0.3) is 6.08 Å². The van der Waals surface area contributed by atoms with Gasteiger partial charge in [-0.25, -0.2) is 10.3 Å². The Kier molecular flexibility index (Phi) is 9.99. The van der Waals surface area contributed by atoms with Crippen molar-refractivity contribution in [1.82, 2.24) is 10.8 Å². The standard InChI is InChI=1S/C31H33N3O5/c1-2-10-22-11-6-7-14-26(22)31(37)33-27(23-12-4-3-5-13-23)21-28(35)32-25-18-16-24(17-19-25)30(36)34-39-29-15-8-9-20-38-29/h2-7,10-14,16-19,27,29H,8-9,15,20-21H2,1H3,(H,32,35)(H,33,37)(H,34,36)/b10-2+/t27-,29?/m0/s1. The number of hydroxylamine groups is 1. The molecule has 0 bridgehead atoms. The summed E-state index contributed by atoms with van der Waals surface area (Å²) in [7, 11) is 0. The first kappa shape index (κ1) is 27.8. The molecule has 8 nitrogen and oxygen atoms in total. The number of hydrogen-bond donors (Lipinski definition) is 3. The van der Waals surface area contributed by atoms with Crippen molar-refractivity contribution in [3.63, 3.8) is 0 Å². The van der Waals surface area contributed by atoms with Crippen molar-refractivity contribution in [1.29, 1.82) is 0 Å². The number of nitrogens with one attached hydrogen (secondary N) is 3. The van der Waals surface area contributed by atoms with Crippen molar-refractivity contribution in [2.24, 2.45) is 0 Å². The zero-order chi connectivity index (χ0) is 27.5. The van der Waals surface area contributed by atoms with Gasteiger partial charge in [-0.15, -0.1) is 0 Å². The molecule has 202 valence electrons. The lowest BCUT2D eigenvalue weighted by molar-refractivity contribution is -0.186. The van der Waals surface area contributed by atoms with Crippen LogP contribution < -0.4 is 16.1 Å². The fourth-order valence-electron chi connectivity index (χ4n) is 4.29. The number of hydrogen-bond acceptors (Lipinski definition) is 5. The van der Waals surface area contributed by atoms with E-state index in [2.05, 4.69) is 16.1 Å². The van der Waals surface area contributed by atoms with Crippen molar-refractivity contribution in [3.05, 3.63) is 107 Å². The highest BCUT2D eigenvalue weighted by Crippen LogP contribution is 2.21. The minimum absolute atomic E-state index is 0.0268. The lowest BCUT2D eigenvalue weighted by atomic mass is 10.0. The molecular weight excluding hydrogens is 494 g/mol. The maximum atomic E-state index is 13.2. The molecule has 1 aliphatic rings. The number of anilines is 1. The van der Waals surface area contributed by atoms with E-state index in [0.717, 1.165) is 30.4 Å². The summed E-state index contributed by atoms with van der Waals surface area (Å²) < 4.78 is 5.44. The van der Waals surface area contributed by atoms with Crippen LogP contribution in [0.3, 0.4) is 0 Å². The van der Waals surface area contributed by atoms with Crippen LogP contribution in [0, 0.1) is 0 Å². The van der Waals surface area contributed by atoms with E-state index in [0.29, 0.717) is 23.4 Å². The van der Waals surface area contributed by atoms with Gasteiger partial charge in [-0.1, -0.05) is 60.7 Å². The average Bonchev–Trinajstić information content (AvgIpc) is 2.97. The Hall–Kier alpha value is -4.27. The van der Waals surface area contributed by atoms with Crippen LogP contribution in [0.4, 0.5) is 5.69 Å². The quantitative estimate of drug-likeness (QED) is 0.306. The zero-order valence-electron chi connectivity index (χ0n) is 21.9. The van der Waals surface area contributed by atoms with Crippen LogP contribution in [-0.4, -0.2) is 30.6 Å². The van der Waals surface area contributed by atoms with Crippen molar-refractivity contribution in [2.45, 2.75) is 44.9 Å². The van der Waals surface area contributed by atoms with E-state index in [1.807, 2.05) is 67.6 Å². The Morgan fingerprint density at radius 3 is 2.41 bits per heavy atom. The van der Waals surface area contributed by atoms with E-state index >= 15 is 0 Å². The molecule has 3 aromatic rings. The second-order valence-electron chi connectivity index (χ2n) is 9.20. The van der Waals surface area contributed by atoms with Crippen LogP contribution in [0.2, 0.25) is 0 Å². The van der Waals surface area contributed by atoms with Gasteiger partial charge in [0.2, 0.25) is 5.91 Å². The summed E-state index contributed by atoms with van der Waals surface area (Å²) in [4.78, 5) is 43.9. The van der Waals surface area contributed by atoms with Gasteiger partial charge in [0.15, 0.2) is 6.29 Å². The molecule has 2 atom stereocenters. The summed E-state index contributed by atoms with van der Waals surface area (Å²) >= 11 is 0. The molecule has 1 fully saturated rings. The van der Waals surface area contributed by atoms with Gasteiger partial charge in [0.05, 0.1) is 12.5 Å². The predicted octanol–water partition coefficient (Wildman–Crippen LogP) is 5.41. The molecule has 0 aliphatic carbocycles. The lowest BCUT2D eigenvalue weighted by Gasteiger charge is -2.22. The Morgan fingerprint density at radius 2 is 1.69 bits per heavy atom. The molecule has 3 aromatic carbocycles. The summed E-state index contributed by atoms with van der Waals surface area (Å²) in [6.07, 6.45) is 6.06. The molecule has 1 aliphatic heterocycles. The number of carbonyl (C=O) groups excluding carboxylic acids is 3. The van der Waals surface area contributed by atoms with Crippen LogP contribution >= 0.6 is 0 Å². The molecule has 0 saturated carbocycles. The fraction of sp³-hybridized carbons (Fsp3) is 0.258. The second-order valence-corrected chi connectivity index (χ2v) is 9.20. The molecule has 1 saturated heterocycles. The maximum Gasteiger partial charge on any atom is 0.274 e. The van der Waals surface area contributed by atoms with Crippen molar-refractivity contribution < 1.29 is 24.0 Å². The number of carbonyl (C=O) groups is 3. The highest BCUT2D eigenvalue weighted by Gasteiger charge is 2.21. The van der Waals surface area contributed by atoms with E-state index in [9.17, 15) is 14.4 Å². The lowest BCUT2D eigenvalue weighted by Crippen LogP contribution is -2.33. The smallest absolute Gasteiger partial charge is 0.274 e. The summed E-state index contributed by atoms with van der Waals surface area (Å²) in [5.41, 5.74) is 5.49. The molecule has 8 heteroatoms. The molecule has 0 radical (unpaired) electrons. The minimum atomic E-state index is -0.540. The molecular formula is C31H33N3O5. The van der Waals surface area contributed by atoms with E-state index in [1.165, 1.54) is 0 Å². The maximum absolute atomic E-state index is 13.2. The second kappa shape index (κ2) is 14.0. The Balaban J connectivity index is 1.38. The SMILES string of the molecule is C/C=C/c1ccccc1C(=O)N[C@@H](CC(=O)Nc1ccc(C(=O)NOC2CCCCO2)cc1)c1ccccc1. The number of benzene rings is 3. The number of amides is 3. The molecule has 0 spiro atoms. The van der Waals surface area contributed by atoms with Gasteiger partial charge in [-0.3, -0.25) is 14.4 Å². The first-order valence-corrected chi connectivity index (χ1v) is 13.1. The molecule has 0 aromatic heterocycles. The average molecular weight is 528 g/mol. The number of allylic oxidation sites excluding steroid dienone is 1. The first-order chi connectivity index (χ1) is 19.0. The topological polar surface area (TPSA) is 106 Å². The first-order valence-electron chi connectivity index (χ1n) is 13.1. The van der Waals surface area contributed by atoms with E-state index in [1.54, 1.807) is 30.3 Å². The zero-order valence-corrected chi connectivity index (χ0v) is 21.9. The summed E-state index contributed by atoms with van der Waals surface area (Å²) in [6, 6.07) is 22.7. The summed E-state index contributed by atoms with van der Waals surface area (Å²) in [6.45, 7) is 2.51. The highest BCUT2D eigenvalue weighted by atomic mass is 16.8. The normalized spacial score (nSPS) is 15.9. The third-order valence-corrected chi connectivity index (χ3v) is 6.30. The van der Waals surface area contributed by atoms with Crippen LogP contribution in [0.5, 0.6) is 0 Å². The highest BCUT2D eigenvalue weighted by molar-refractivity contribution is 5.99. The molecule has 3 amide bonds. The fourth-order valence-corrected chi connectivity index (χ4v) is 4.29. The summed E-state index contributed by atoms with van der Waals surface area (Å²) in [5, 5.41) is 5.87. The molecule has 4 rings (SSSR count). The predicted molar refractivity (Wildman–Crippen MR) is 150 cm³/mol. The van der Waals surface area contributed by atoms with Gasteiger partial charge in [0, 0.05) is 29.8 Å². The van der Waals surface area contributed by atoms with Gasteiger partial charge in [0.1, 0.15) is 0 Å². The van der Waals surface area contributed by atoms with Crippen molar-refractivity contribution >= 4 is 29.5 Å². The van der Waals surface area contributed by atoms with E-state index in [4.69, 9.17) is 9.57 Å². The monoisotopic (exact) mass is 527 g/mol. The molecule has 3 N–H and O–H groups in total. The number of rotatable bonds is 10. The van der Waals surface area contributed by atoms with E-state index in [-0.39, 0.29) is 18.2 Å². The molecule has 1 unspecified atom stereocenters. The Labute approximate surface area is 228 Å². The van der Waals surface area contributed by atoms with E-state index < -0.39 is 18.2 Å².